The minimum Gasteiger partial charge on any atom is -0.496 e. The van der Waals surface area contributed by atoms with E-state index < -0.39 is 0 Å². The van der Waals surface area contributed by atoms with Crippen LogP contribution in [0.25, 0.3) is 0 Å². The van der Waals surface area contributed by atoms with Gasteiger partial charge in [-0.1, -0.05) is 6.92 Å². The van der Waals surface area contributed by atoms with Crippen molar-refractivity contribution in [1.82, 2.24) is 10.3 Å². The van der Waals surface area contributed by atoms with Crippen LogP contribution in [-0.2, 0) is 6.42 Å². The van der Waals surface area contributed by atoms with Crippen molar-refractivity contribution >= 4 is 0 Å². The number of nitrogens with zero attached hydrogens (tertiary/aromatic N) is 1. The molecule has 0 unspecified atom stereocenters. The predicted octanol–water partition coefficient (Wildman–Crippen LogP) is 3.03. The van der Waals surface area contributed by atoms with E-state index in [0.29, 0.717) is 5.41 Å². The monoisotopic (exact) mass is 262 g/mol. The van der Waals surface area contributed by atoms with Crippen molar-refractivity contribution in [2.45, 2.75) is 46.5 Å². The second-order valence-corrected chi connectivity index (χ2v) is 5.90. The van der Waals surface area contributed by atoms with Crippen LogP contribution in [0.2, 0.25) is 0 Å². The van der Waals surface area contributed by atoms with Crippen molar-refractivity contribution in [2.24, 2.45) is 5.41 Å². The summed E-state index contributed by atoms with van der Waals surface area (Å²) in [6.07, 6.45) is 6.86. The van der Waals surface area contributed by atoms with Gasteiger partial charge in [0.15, 0.2) is 0 Å². The summed E-state index contributed by atoms with van der Waals surface area (Å²) in [5.41, 5.74) is 3.99. The number of hydrogen-bond donors (Lipinski definition) is 1. The van der Waals surface area contributed by atoms with E-state index in [1.807, 2.05) is 6.20 Å². The van der Waals surface area contributed by atoms with Gasteiger partial charge >= 0.3 is 0 Å². The Balaban J connectivity index is 2.07. The Bertz CT molecular complexity index is 439. The molecule has 1 aliphatic carbocycles. The summed E-state index contributed by atoms with van der Waals surface area (Å²) in [5.74, 6) is 1.00. The lowest BCUT2D eigenvalue weighted by Gasteiger charge is -2.18. The van der Waals surface area contributed by atoms with Crippen LogP contribution >= 0.6 is 0 Å². The second-order valence-electron chi connectivity index (χ2n) is 5.90. The van der Waals surface area contributed by atoms with Gasteiger partial charge < -0.3 is 10.1 Å². The van der Waals surface area contributed by atoms with E-state index in [4.69, 9.17) is 4.74 Å². The number of ether oxygens (including phenoxy) is 1. The third-order valence-corrected chi connectivity index (χ3v) is 4.18. The molecule has 0 bridgehead atoms. The molecule has 0 saturated heterocycles. The van der Waals surface area contributed by atoms with Crippen molar-refractivity contribution in [3.8, 4) is 5.75 Å². The molecule has 1 heterocycles. The van der Waals surface area contributed by atoms with Gasteiger partial charge in [0.25, 0.3) is 0 Å². The highest BCUT2D eigenvalue weighted by Gasteiger charge is 2.42. The van der Waals surface area contributed by atoms with E-state index in [9.17, 15) is 0 Å². The summed E-state index contributed by atoms with van der Waals surface area (Å²) >= 11 is 0. The molecule has 0 spiro atoms. The zero-order chi connectivity index (χ0) is 13.9. The lowest BCUT2D eigenvalue weighted by molar-refractivity contribution is 0.403. The van der Waals surface area contributed by atoms with Crippen LogP contribution in [0.4, 0.5) is 0 Å². The van der Waals surface area contributed by atoms with Crippen molar-refractivity contribution < 1.29 is 4.74 Å². The molecule has 0 aliphatic heterocycles. The van der Waals surface area contributed by atoms with Crippen LogP contribution in [0, 0.1) is 19.3 Å². The average Bonchev–Trinajstić information content (AvgIpc) is 3.14. The lowest BCUT2D eigenvalue weighted by atomic mass is 9.96. The maximum atomic E-state index is 5.49. The highest BCUT2D eigenvalue weighted by molar-refractivity contribution is 5.41. The molecule has 106 valence electrons. The van der Waals surface area contributed by atoms with Gasteiger partial charge in [0.1, 0.15) is 5.75 Å². The first-order valence-electron chi connectivity index (χ1n) is 7.31. The maximum absolute atomic E-state index is 5.49. The molecular formula is C16H26N2O. The molecule has 1 saturated carbocycles. The Hall–Kier alpha value is -1.09. The number of hydrogen-bond acceptors (Lipinski definition) is 3. The summed E-state index contributed by atoms with van der Waals surface area (Å²) in [6.45, 7) is 8.63. The molecule has 3 nitrogen and oxygen atoms in total. The lowest BCUT2D eigenvalue weighted by Crippen LogP contribution is -2.26. The number of rotatable bonds is 7. The van der Waals surface area contributed by atoms with Crippen molar-refractivity contribution in [1.29, 1.82) is 0 Å². The SMILES string of the molecule is CCCNCC1(Cc2ncc(C)c(OC)c2C)CC1. The molecule has 3 heteroatoms. The van der Waals surface area contributed by atoms with Crippen LogP contribution in [0.1, 0.15) is 43.0 Å². The normalized spacial score (nSPS) is 16.4. The summed E-state index contributed by atoms with van der Waals surface area (Å²) in [4.78, 5) is 4.63. The largest absolute Gasteiger partial charge is 0.496 e. The highest BCUT2D eigenvalue weighted by atomic mass is 16.5. The molecule has 1 N–H and O–H groups in total. The Kier molecular flexibility index (Phi) is 4.46. The third kappa shape index (κ3) is 3.27. The first kappa shape index (κ1) is 14.3. The molecule has 19 heavy (non-hydrogen) atoms. The minimum atomic E-state index is 0.452. The van der Waals surface area contributed by atoms with Crippen molar-refractivity contribution in [3.05, 3.63) is 23.0 Å². The molecular weight excluding hydrogens is 236 g/mol. The molecule has 1 aromatic heterocycles. The van der Waals surface area contributed by atoms with Gasteiger partial charge in [-0.2, -0.15) is 0 Å². The van der Waals surface area contributed by atoms with E-state index in [2.05, 4.69) is 31.1 Å². The van der Waals surface area contributed by atoms with E-state index in [0.717, 1.165) is 30.8 Å². The Morgan fingerprint density at radius 2 is 2.11 bits per heavy atom. The maximum Gasteiger partial charge on any atom is 0.128 e. The number of nitrogens with one attached hydrogen (secondary N) is 1. The third-order valence-electron chi connectivity index (χ3n) is 4.18. The van der Waals surface area contributed by atoms with Crippen LogP contribution in [0.15, 0.2) is 6.20 Å². The molecule has 0 atom stereocenters. The standard InChI is InChI=1S/C16H26N2O/c1-5-8-17-11-16(6-7-16)9-14-13(3)15(19-4)12(2)10-18-14/h10,17H,5-9,11H2,1-4H3. The number of pyridine rings is 1. The van der Waals surface area contributed by atoms with E-state index in [1.54, 1.807) is 7.11 Å². The molecule has 1 fully saturated rings. The Morgan fingerprint density at radius 1 is 1.37 bits per heavy atom. The summed E-state index contributed by atoms with van der Waals surface area (Å²) in [7, 11) is 1.74. The number of methoxy groups -OCH3 is 1. The quantitative estimate of drug-likeness (QED) is 0.767. The van der Waals surface area contributed by atoms with Crippen molar-refractivity contribution in [3.63, 3.8) is 0 Å². The zero-order valence-corrected chi connectivity index (χ0v) is 12.7. The minimum absolute atomic E-state index is 0.452. The van der Waals surface area contributed by atoms with Crippen LogP contribution in [-0.4, -0.2) is 25.2 Å². The van der Waals surface area contributed by atoms with E-state index >= 15 is 0 Å². The van der Waals surface area contributed by atoms with Crippen LogP contribution in [0.3, 0.4) is 0 Å². The summed E-state index contributed by atoms with van der Waals surface area (Å²) in [5, 5.41) is 3.56. The van der Waals surface area contributed by atoms with Gasteiger partial charge in [-0.15, -0.1) is 0 Å². The fourth-order valence-electron chi connectivity index (χ4n) is 2.73. The molecule has 0 radical (unpaired) electrons. The van der Waals surface area contributed by atoms with E-state index in [1.165, 1.54) is 30.5 Å². The van der Waals surface area contributed by atoms with Gasteiger partial charge in [-0.3, -0.25) is 4.98 Å². The summed E-state index contributed by atoms with van der Waals surface area (Å²) < 4.78 is 5.49. The van der Waals surface area contributed by atoms with Gasteiger partial charge in [0.2, 0.25) is 0 Å². The molecule has 2 rings (SSSR count). The van der Waals surface area contributed by atoms with E-state index in [-0.39, 0.29) is 0 Å². The Morgan fingerprint density at radius 3 is 2.68 bits per heavy atom. The van der Waals surface area contributed by atoms with Gasteiger partial charge in [-0.05, 0) is 51.5 Å². The van der Waals surface area contributed by atoms with Crippen LogP contribution < -0.4 is 10.1 Å². The number of aromatic nitrogens is 1. The first-order valence-corrected chi connectivity index (χ1v) is 7.31. The highest BCUT2D eigenvalue weighted by Crippen LogP contribution is 2.48. The average molecular weight is 262 g/mol. The second kappa shape index (κ2) is 5.91. The molecule has 0 amide bonds. The predicted molar refractivity (Wildman–Crippen MR) is 78.8 cm³/mol. The smallest absolute Gasteiger partial charge is 0.128 e. The van der Waals surface area contributed by atoms with Gasteiger partial charge in [0.05, 0.1) is 7.11 Å². The summed E-state index contributed by atoms with van der Waals surface area (Å²) in [6, 6.07) is 0. The molecule has 1 aromatic rings. The van der Waals surface area contributed by atoms with Gasteiger partial charge in [-0.25, -0.2) is 0 Å². The van der Waals surface area contributed by atoms with Crippen molar-refractivity contribution in [2.75, 3.05) is 20.2 Å². The zero-order valence-electron chi connectivity index (χ0n) is 12.7. The van der Waals surface area contributed by atoms with Crippen LogP contribution in [0.5, 0.6) is 5.75 Å². The topological polar surface area (TPSA) is 34.2 Å². The first-order chi connectivity index (χ1) is 9.12. The molecule has 1 aliphatic rings. The van der Waals surface area contributed by atoms with Gasteiger partial charge in [0, 0.05) is 29.6 Å². The molecule has 0 aromatic carbocycles. The fourth-order valence-corrected chi connectivity index (χ4v) is 2.73. The fraction of sp³-hybridized carbons (Fsp3) is 0.688. The Labute approximate surface area is 116 Å². The number of aryl methyl sites for hydroxylation is 1.